The van der Waals surface area contributed by atoms with Gasteiger partial charge in [0.15, 0.2) is 0 Å². The summed E-state index contributed by atoms with van der Waals surface area (Å²) in [5, 5.41) is 6.05. The number of carbonyl (C=O) groups excluding carboxylic acids is 2. The first kappa shape index (κ1) is 25.8. The first-order valence-electron chi connectivity index (χ1n) is 8.20. The Labute approximate surface area is 171 Å². The van der Waals surface area contributed by atoms with Crippen LogP contribution in [0.4, 0.5) is 36.4 Å². The molecule has 1 aromatic carbocycles. The van der Waals surface area contributed by atoms with E-state index < -0.39 is 40.5 Å². The molecular formula is C16H17ClF7N3O3. The van der Waals surface area contributed by atoms with Crippen molar-refractivity contribution in [3.05, 3.63) is 22.7 Å². The van der Waals surface area contributed by atoms with Crippen LogP contribution in [-0.4, -0.2) is 56.6 Å². The van der Waals surface area contributed by atoms with Gasteiger partial charge in [0.1, 0.15) is 5.75 Å². The number of ether oxygens (including phenoxy) is 1. The zero-order valence-electron chi connectivity index (χ0n) is 15.5. The molecule has 0 heterocycles. The highest BCUT2D eigenvalue weighted by Crippen LogP contribution is 2.47. The smallest absolute Gasteiger partial charge is 0.460 e. The highest BCUT2D eigenvalue weighted by molar-refractivity contribution is 6.34. The fourth-order valence-electron chi connectivity index (χ4n) is 2.05. The summed E-state index contributed by atoms with van der Waals surface area (Å²) in [4.78, 5) is 23.6. The lowest BCUT2D eigenvalue weighted by Crippen LogP contribution is -2.57. The zero-order chi connectivity index (χ0) is 23.3. The summed E-state index contributed by atoms with van der Waals surface area (Å²) in [7, 11) is 1.07. The fourth-order valence-corrected chi connectivity index (χ4v) is 2.26. The third-order valence-corrected chi connectivity index (χ3v) is 3.97. The van der Waals surface area contributed by atoms with Crippen LogP contribution in [0, 0.1) is 0 Å². The van der Waals surface area contributed by atoms with Crippen LogP contribution in [0.15, 0.2) is 12.1 Å². The second-order valence-corrected chi connectivity index (χ2v) is 6.15. The van der Waals surface area contributed by atoms with Crippen molar-refractivity contribution in [1.82, 2.24) is 10.6 Å². The van der Waals surface area contributed by atoms with Crippen molar-refractivity contribution in [3.63, 3.8) is 0 Å². The number of benzene rings is 1. The van der Waals surface area contributed by atoms with Crippen molar-refractivity contribution in [1.29, 1.82) is 0 Å². The molecule has 30 heavy (non-hydrogen) atoms. The number of alkyl halides is 7. The first-order valence-corrected chi connectivity index (χ1v) is 8.58. The summed E-state index contributed by atoms with van der Waals surface area (Å²) in [6.45, 7) is 3.11. The second-order valence-electron chi connectivity index (χ2n) is 5.74. The Kier molecular flexibility index (Phi) is 8.32. The molecule has 0 aromatic heterocycles. The lowest BCUT2D eigenvalue weighted by atomic mass is 10.1. The van der Waals surface area contributed by atoms with Crippen LogP contribution < -0.4 is 20.7 Å². The molecule has 0 fully saturated rings. The normalized spacial score (nSPS) is 12.5. The predicted molar refractivity (Wildman–Crippen MR) is 93.5 cm³/mol. The quantitative estimate of drug-likeness (QED) is 0.384. The van der Waals surface area contributed by atoms with E-state index >= 15 is 0 Å². The largest absolute Gasteiger partial charge is 0.496 e. The van der Waals surface area contributed by atoms with Crippen molar-refractivity contribution in [2.45, 2.75) is 24.9 Å². The Morgan fingerprint density at radius 1 is 1.07 bits per heavy atom. The highest BCUT2D eigenvalue weighted by Gasteiger charge is 2.76. The molecule has 2 amide bonds. The van der Waals surface area contributed by atoms with Gasteiger partial charge in [-0.1, -0.05) is 18.5 Å². The lowest BCUT2D eigenvalue weighted by molar-refractivity contribution is -0.343. The second kappa shape index (κ2) is 9.69. The average Bonchev–Trinajstić information content (AvgIpc) is 2.65. The van der Waals surface area contributed by atoms with Crippen LogP contribution >= 0.6 is 11.6 Å². The summed E-state index contributed by atoms with van der Waals surface area (Å²) < 4.78 is 94.5. The molecule has 3 N–H and O–H groups in total. The number of hydrogen-bond acceptors (Lipinski definition) is 4. The van der Waals surface area contributed by atoms with Crippen LogP contribution in [0.1, 0.15) is 17.3 Å². The number of hydrogen-bond donors (Lipinski definition) is 3. The van der Waals surface area contributed by atoms with Crippen molar-refractivity contribution < 1.29 is 45.1 Å². The molecule has 0 aliphatic rings. The molecule has 1 rings (SSSR count). The summed E-state index contributed by atoms with van der Waals surface area (Å²) in [6, 6.07) is 1.61. The summed E-state index contributed by atoms with van der Waals surface area (Å²) in [5.41, 5.74) is -0.954. The SMILES string of the molecule is CCNCCNC(=O)c1cc(Cl)c(NC(=O)C(F)(F)C(F)(F)C(F)(F)F)cc1OC. The molecule has 6 nitrogen and oxygen atoms in total. The van der Waals surface area contributed by atoms with Crippen molar-refractivity contribution in [2.24, 2.45) is 0 Å². The maximum Gasteiger partial charge on any atom is 0.460 e. The van der Waals surface area contributed by atoms with E-state index in [9.17, 15) is 40.3 Å². The molecule has 0 radical (unpaired) electrons. The number of anilines is 1. The molecule has 0 saturated carbocycles. The van der Waals surface area contributed by atoms with Gasteiger partial charge in [0.25, 0.3) is 5.91 Å². The van der Waals surface area contributed by atoms with Gasteiger partial charge < -0.3 is 20.7 Å². The van der Waals surface area contributed by atoms with Crippen LogP contribution in [0.25, 0.3) is 0 Å². The molecule has 1 aromatic rings. The fraction of sp³-hybridized carbons (Fsp3) is 0.500. The van der Waals surface area contributed by atoms with E-state index in [0.29, 0.717) is 13.1 Å². The monoisotopic (exact) mass is 467 g/mol. The Hall–Kier alpha value is -2.28. The number of amides is 2. The van der Waals surface area contributed by atoms with E-state index in [-0.39, 0.29) is 17.9 Å². The van der Waals surface area contributed by atoms with E-state index in [1.54, 1.807) is 0 Å². The summed E-state index contributed by atoms with van der Waals surface area (Å²) >= 11 is 5.77. The van der Waals surface area contributed by atoms with E-state index in [0.717, 1.165) is 19.2 Å². The third kappa shape index (κ3) is 5.45. The minimum absolute atomic E-state index is 0.190. The molecule has 0 aliphatic carbocycles. The minimum atomic E-state index is -6.68. The van der Waals surface area contributed by atoms with Gasteiger partial charge in [-0.3, -0.25) is 9.59 Å². The van der Waals surface area contributed by atoms with Crippen LogP contribution in [0.5, 0.6) is 5.75 Å². The van der Waals surface area contributed by atoms with E-state index in [2.05, 4.69) is 10.6 Å². The predicted octanol–water partition coefficient (Wildman–Crippen LogP) is 3.46. The maximum atomic E-state index is 13.5. The zero-order valence-corrected chi connectivity index (χ0v) is 16.3. The Balaban J connectivity index is 3.12. The van der Waals surface area contributed by atoms with Crippen LogP contribution in [0.3, 0.4) is 0 Å². The van der Waals surface area contributed by atoms with E-state index in [4.69, 9.17) is 16.3 Å². The highest BCUT2D eigenvalue weighted by atomic mass is 35.5. The first-order chi connectivity index (χ1) is 13.7. The number of halogens is 8. The molecule has 0 aliphatic heterocycles. The van der Waals surface area contributed by atoms with Gasteiger partial charge in [-0.05, 0) is 12.6 Å². The van der Waals surface area contributed by atoms with Crippen molar-refractivity contribution in [2.75, 3.05) is 32.1 Å². The number of rotatable bonds is 9. The summed E-state index contributed by atoms with van der Waals surface area (Å²) in [5.74, 6) is -16.7. The van der Waals surface area contributed by atoms with Gasteiger partial charge in [-0.15, -0.1) is 0 Å². The minimum Gasteiger partial charge on any atom is -0.496 e. The number of methoxy groups -OCH3 is 1. The van der Waals surface area contributed by atoms with Gasteiger partial charge >= 0.3 is 23.9 Å². The number of nitrogens with one attached hydrogen (secondary N) is 3. The Bertz CT molecular complexity index is 788. The van der Waals surface area contributed by atoms with E-state index in [1.807, 2.05) is 6.92 Å². The van der Waals surface area contributed by atoms with Gasteiger partial charge in [0, 0.05) is 19.2 Å². The molecule has 0 spiro atoms. The molecule has 0 unspecified atom stereocenters. The molecule has 0 bridgehead atoms. The van der Waals surface area contributed by atoms with Crippen molar-refractivity contribution in [3.8, 4) is 5.75 Å². The van der Waals surface area contributed by atoms with Gasteiger partial charge in [-0.2, -0.15) is 30.7 Å². The Morgan fingerprint density at radius 3 is 2.17 bits per heavy atom. The van der Waals surface area contributed by atoms with Crippen LogP contribution in [-0.2, 0) is 4.79 Å². The molecule has 0 saturated heterocycles. The Morgan fingerprint density at radius 2 is 1.67 bits per heavy atom. The lowest BCUT2D eigenvalue weighted by Gasteiger charge is -2.27. The summed E-state index contributed by atoms with van der Waals surface area (Å²) in [6.07, 6.45) is -6.68. The standard InChI is InChI=1S/C16H17ClF7N3O3/c1-3-25-4-5-26-12(28)8-6-9(17)10(7-11(8)30-2)27-13(29)14(18,19)15(20,21)16(22,23)24/h6-7,25H,3-5H2,1-2H3,(H,26,28)(H,27,29). The number of carbonyl (C=O) groups is 2. The molecule has 0 atom stereocenters. The van der Waals surface area contributed by atoms with Gasteiger partial charge in [-0.25, -0.2) is 0 Å². The average molecular weight is 468 g/mol. The maximum absolute atomic E-state index is 13.5. The van der Waals surface area contributed by atoms with E-state index in [1.165, 1.54) is 5.32 Å². The van der Waals surface area contributed by atoms with Crippen LogP contribution in [0.2, 0.25) is 5.02 Å². The topological polar surface area (TPSA) is 79.5 Å². The van der Waals surface area contributed by atoms with Crippen molar-refractivity contribution >= 4 is 29.1 Å². The molecule has 14 heteroatoms. The number of likely N-dealkylation sites (N-methyl/N-ethyl adjacent to an activating group) is 1. The third-order valence-electron chi connectivity index (χ3n) is 3.65. The molecular weight excluding hydrogens is 451 g/mol. The van der Waals surface area contributed by atoms with Gasteiger partial charge in [0.05, 0.1) is 23.4 Å². The van der Waals surface area contributed by atoms with Gasteiger partial charge in [0.2, 0.25) is 0 Å². The molecule has 170 valence electrons.